The fourth-order valence-corrected chi connectivity index (χ4v) is 5.06. The van der Waals surface area contributed by atoms with Crippen LogP contribution in [-0.4, -0.2) is 42.7 Å². The molecule has 39 heavy (non-hydrogen) atoms. The molecular weight excluding hydrogens is 528 g/mol. The molecule has 0 atom stereocenters. The molecule has 8 heteroatoms. The maximum absolute atomic E-state index is 12.3. The zero-order valence-corrected chi connectivity index (χ0v) is 23.6. The van der Waals surface area contributed by atoms with Crippen LogP contribution in [0.5, 0.6) is 0 Å². The number of benzene rings is 3. The Labute approximate surface area is 239 Å². The summed E-state index contributed by atoms with van der Waals surface area (Å²) in [5, 5.41) is 3.95. The molecule has 0 fully saturated rings. The van der Waals surface area contributed by atoms with Crippen molar-refractivity contribution in [2.24, 2.45) is 0 Å². The molecule has 4 aromatic rings. The van der Waals surface area contributed by atoms with Crippen LogP contribution in [-0.2, 0) is 23.5 Å². The summed E-state index contributed by atoms with van der Waals surface area (Å²) in [5.74, 6) is 1.39. The van der Waals surface area contributed by atoms with Gasteiger partial charge in [0.15, 0.2) is 5.16 Å². The fraction of sp³-hybridized carbons (Fsp3) is 0.258. The Bertz CT molecular complexity index is 1310. The Balaban J connectivity index is 1.42. The van der Waals surface area contributed by atoms with Crippen LogP contribution in [0.15, 0.2) is 96.2 Å². The van der Waals surface area contributed by atoms with Crippen molar-refractivity contribution in [1.29, 1.82) is 0 Å². The third-order valence-corrected chi connectivity index (χ3v) is 7.22. The van der Waals surface area contributed by atoms with E-state index in [1.165, 1.54) is 22.9 Å². The Morgan fingerprint density at radius 1 is 0.923 bits per heavy atom. The highest BCUT2D eigenvalue weighted by molar-refractivity contribution is 7.98. The van der Waals surface area contributed by atoms with E-state index in [4.69, 9.17) is 21.3 Å². The summed E-state index contributed by atoms with van der Waals surface area (Å²) in [6.45, 7) is 2.73. The molecule has 202 valence electrons. The highest BCUT2D eigenvalue weighted by Gasteiger charge is 2.14. The Kier molecular flexibility index (Phi) is 11.2. The maximum atomic E-state index is 12.3. The van der Waals surface area contributed by atoms with Crippen molar-refractivity contribution in [3.8, 4) is 0 Å². The summed E-state index contributed by atoms with van der Waals surface area (Å²) in [7, 11) is 1.65. The predicted molar refractivity (Wildman–Crippen MR) is 160 cm³/mol. The number of nitrogens with one attached hydrogen (secondary N) is 1. The molecule has 1 N–H and O–H groups in total. The van der Waals surface area contributed by atoms with E-state index < -0.39 is 0 Å². The maximum Gasteiger partial charge on any atom is 0.251 e. The van der Waals surface area contributed by atoms with E-state index in [9.17, 15) is 4.79 Å². The number of hydrogen-bond donors (Lipinski definition) is 1. The largest absolute Gasteiger partial charge is 0.385 e. The van der Waals surface area contributed by atoms with Crippen molar-refractivity contribution >= 4 is 35.1 Å². The number of ether oxygens (including phenoxy) is 1. The number of aromatic nitrogens is 2. The van der Waals surface area contributed by atoms with Gasteiger partial charge in [-0.25, -0.2) is 9.97 Å². The molecule has 0 aliphatic carbocycles. The second-order valence-electron chi connectivity index (χ2n) is 9.06. The minimum atomic E-state index is -0.0814. The molecule has 0 saturated carbocycles. The lowest BCUT2D eigenvalue weighted by Gasteiger charge is -2.24. The van der Waals surface area contributed by atoms with Crippen LogP contribution in [0.4, 0.5) is 5.82 Å². The van der Waals surface area contributed by atoms with E-state index >= 15 is 0 Å². The summed E-state index contributed by atoms with van der Waals surface area (Å²) in [5.41, 5.74) is 4.19. The first-order valence-electron chi connectivity index (χ1n) is 13.0. The van der Waals surface area contributed by atoms with E-state index in [2.05, 4.69) is 63.7 Å². The topological polar surface area (TPSA) is 67.3 Å². The summed E-state index contributed by atoms with van der Waals surface area (Å²) in [6.07, 6.45) is 1.68. The molecule has 0 spiro atoms. The normalized spacial score (nSPS) is 10.8. The van der Waals surface area contributed by atoms with Gasteiger partial charge in [0.2, 0.25) is 0 Å². The Morgan fingerprint density at radius 3 is 2.31 bits per heavy atom. The van der Waals surface area contributed by atoms with Crippen molar-refractivity contribution < 1.29 is 9.53 Å². The number of thioether (sulfide) groups is 1. The highest BCUT2D eigenvalue weighted by Crippen LogP contribution is 2.26. The molecule has 0 aliphatic rings. The molecule has 0 radical (unpaired) electrons. The van der Waals surface area contributed by atoms with Crippen LogP contribution in [0.1, 0.15) is 33.5 Å². The average Bonchev–Trinajstić information content (AvgIpc) is 2.97. The molecule has 6 nitrogen and oxygen atoms in total. The van der Waals surface area contributed by atoms with E-state index in [1.807, 2.05) is 42.5 Å². The smallest absolute Gasteiger partial charge is 0.251 e. The summed E-state index contributed by atoms with van der Waals surface area (Å²) >= 11 is 8.00. The summed E-state index contributed by atoms with van der Waals surface area (Å²) in [4.78, 5) is 23.9. The summed E-state index contributed by atoms with van der Waals surface area (Å²) < 4.78 is 5.02. The third-order valence-electron chi connectivity index (χ3n) is 6.11. The zero-order chi connectivity index (χ0) is 27.3. The van der Waals surface area contributed by atoms with Gasteiger partial charge in [0.05, 0.1) is 0 Å². The SMILES string of the molecule is COCCCNC(=O)c1ccc(CSc2nc(Cl)cc(N(CCc3ccccc3)Cc3ccccc3)n2)cc1. The van der Waals surface area contributed by atoms with Gasteiger partial charge < -0.3 is 15.0 Å². The standard InChI is InChI=1S/C31H33ClN4O2S/c1-38-20-8-18-33-30(37)27-15-13-26(14-16-27)23-39-31-34-28(32)21-29(35-31)36(22-25-11-6-3-7-12-25)19-17-24-9-4-2-5-10-24/h2-7,9-16,21H,8,17-20,22-23H2,1H3,(H,33,37). The molecule has 0 unspecified atom stereocenters. The average molecular weight is 561 g/mol. The number of carbonyl (C=O) groups is 1. The van der Waals surface area contributed by atoms with E-state index in [1.54, 1.807) is 7.11 Å². The van der Waals surface area contributed by atoms with Crippen molar-refractivity contribution in [3.63, 3.8) is 0 Å². The quantitative estimate of drug-likeness (QED) is 0.0828. The molecular formula is C31H33ClN4O2S. The number of amides is 1. The van der Waals surface area contributed by atoms with Gasteiger partial charge in [0, 0.05) is 50.7 Å². The molecule has 1 aromatic heterocycles. The van der Waals surface area contributed by atoms with Gasteiger partial charge in [0.25, 0.3) is 5.91 Å². The van der Waals surface area contributed by atoms with E-state index in [-0.39, 0.29) is 5.91 Å². The molecule has 0 bridgehead atoms. The number of methoxy groups -OCH3 is 1. The van der Waals surface area contributed by atoms with Gasteiger partial charge >= 0.3 is 0 Å². The van der Waals surface area contributed by atoms with Crippen LogP contribution in [0.25, 0.3) is 0 Å². The molecule has 0 saturated heterocycles. The van der Waals surface area contributed by atoms with Gasteiger partial charge in [-0.3, -0.25) is 4.79 Å². The number of anilines is 1. The van der Waals surface area contributed by atoms with Gasteiger partial charge in [-0.1, -0.05) is 96.2 Å². The lowest BCUT2D eigenvalue weighted by atomic mass is 10.1. The van der Waals surface area contributed by atoms with Crippen LogP contribution in [0, 0.1) is 0 Å². The van der Waals surface area contributed by atoms with Crippen LogP contribution < -0.4 is 10.2 Å². The molecule has 3 aromatic carbocycles. The minimum absolute atomic E-state index is 0.0814. The van der Waals surface area contributed by atoms with Gasteiger partial charge in [-0.05, 0) is 41.7 Å². The van der Waals surface area contributed by atoms with Gasteiger partial charge in [0.1, 0.15) is 11.0 Å². The van der Waals surface area contributed by atoms with Crippen LogP contribution >= 0.6 is 23.4 Å². The Morgan fingerprint density at radius 2 is 1.62 bits per heavy atom. The highest BCUT2D eigenvalue weighted by atomic mass is 35.5. The number of nitrogens with zero attached hydrogens (tertiary/aromatic N) is 3. The minimum Gasteiger partial charge on any atom is -0.385 e. The van der Waals surface area contributed by atoms with Crippen molar-refractivity contribution in [1.82, 2.24) is 15.3 Å². The number of hydrogen-bond acceptors (Lipinski definition) is 6. The lowest BCUT2D eigenvalue weighted by molar-refractivity contribution is 0.0948. The predicted octanol–water partition coefficient (Wildman–Crippen LogP) is 6.44. The Hall–Kier alpha value is -3.39. The molecule has 0 aliphatic heterocycles. The first kappa shape index (κ1) is 28.6. The lowest BCUT2D eigenvalue weighted by Crippen LogP contribution is -2.26. The van der Waals surface area contributed by atoms with Crippen molar-refractivity contribution in [3.05, 3.63) is 118 Å². The first-order chi connectivity index (χ1) is 19.1. The number of halogens is 1. The molecule has 1 heterocycles. The number of rotatable bonds is 14. The summed E-state index contributed by atoms with van der Waals surface area (Å²) in [6, 6.07) is 30.3. The monoisotopic (exact) mass is 560 g/mol. The number of carbonyl (C=O) groups excluding carboxylic acids is 1. The van der Waals surface area contributed by atoms with E-state index in [0.29, 0.717) is 34.8 Å². The van der Waals surface area contributed by atoms with Crippen molar-refractivity contribution in [2.45, 2.75) is 30.3 Å². The third kappa shape index (κ3) is 9.39. The van der Waals surface area contributed by atoms with Crippen molar-refractivity contribution in [2.75, 3.05) is 31.7 Å². The fourth-order valence-electron chi connectivity index (χ4n) is 4.02. The first-order valence-corrected chi connectivity index (χ1v) is 14.3. The second kappa shape index (κ2) is 15.3. The van der Waals surface area contributed by atoms with Gasteiger partial charge in [-0.15, -0.1) is 0 Å². The van der Waals surface area contributed by atoms with Crippen LogP contribution in [0.3, 0.4) is 0 Å². The molecule has 1 amide bonds. The second-order valence-corrected chi connectivity index (χ2v) is 10.4. The molecule has 4 rings (SSSR count). The zero-order valence-electron chi connectivity index (χ0n) is 22.1. The van der Waals surface area contributed by atoms with E-state index in [0.717, 1.165) is 37.3 Å². The van der Waals surface area contributed by atoms with Crippen LogP contribution in [0.2, 0.25) is 5.15 Å². The van der Waals surface area contributed by atoms with Gasteiger partial charge in [-0.2, -0.15) is 0 Å².